The van der Waals surface area contributed by atoms with E-state index in [0.717, 1.165) is 4.90 Å². The van der Waals surface area contributed by atoms with Crippen molar-refractivity contribution in [2.75, 3.05) is 13.6 Å². The average Bonchev–Trinajstić information content (AvgIpc) is 2.82. The molecule has 0 aromatic heterocycles. The average molecular weight is 331 g/mol. The van der Waals surface area contributed by atoms with Crippen molar-refractivity contribution < 1.29 is 19.1 Å². The smallest absolute Gasteiger partial charge is 0.411 e. The van der Waals surface area contributed by atoms with Crippen LogP contribution in [0.25, 0.3) is 0 Å². The molecule has 4 amide bonds. The van der Waals surface area contributed by atoms with Gasteiger partial charge in [-0.05, 0) is 26.0 Å². The van der Waals surface area contributed by atoms with Gasteiger partial charge in [-0.15, -0.1) is 0 Å². The fourth-order valence-electron chi connectivity index (χ4n) is 1.94. The van der Waals surface area contributed by atoms with Crippen LogP contribution in [0, 0.1) is 0 Å². The molecule has 0 aromatic rings. The Morgan fingerprint density at radius 1 is 1.25 bits per heavy atom. The number of hydrogen-bond acceptors (Lipinski definition) is 4. The van der Waals surface area contributed by atoms with E-state index in [9.17, 15) is 14.4 Å². The number of ether oxygens (including phenoxy) is 1. The minimum Gasteiger partial charge on any atom is -0.411 e. The third-order valence-corrected chi connectivity index (χ3v) is 3.02. The molecule has 1 heterocycles. The minimum atomic E-state index is -0.630. The number of carbonyl (C=O) groups is 3. The molecular weight excluding hydrogens is 310 g/mol. The van der Waals surface area contributed by atoms with E-state index in [1.54, 1.807) is 26.0 Å². The van der Waals surface area contributed by atoms with Gasteiger partial charge in [-0.2, -0.15) is 0 Å². The van der Waals surface area contributed by atoms with Crippen LogP contribution in [-0.4, -0.2) is 41.4 Å². The minimum absolute atomic E-state index is 0.102. The molecule has 0 saturated carbocycles. The molecule has 7 heteroatoms. The van der Waals surface area contributed by atoms with E-state index in [0.29, 0.717) is 11.4 Å². The molecule has 0 unspecified atom stereocenters. The predicted octanol–water partition coefficient (Wildman–Crippen LogP) is 2.67. The summed E-state index contributed by atoms with van der Waals surface area (Å²) in [6.45, 7) is 14.2. The Morgan fingerprint density at radius 3 is 2.38 bits per heavy atom. The van der Waals surface area contributed by atoms with Gasteiger partial charge >= 0.3 is 12.1 Å². The summed E-state index contributed by atoms with van der Waals surface area (Å²) in [6.07, 6.45) is 4.03. The Hall–Kier alpha value is -3.09. The van der Waals surface area contributed by atoms with Gasteiger partial charge in [-0.3, -0.25) is 14.6 Å². The molecule has 0 radical (unpaired) electrons. The van der Waals surface area contributed by atoms with Crippen molar-refractivity contribution in [2.45, 2.75) is 13.8 Å². The summed E-state index contributed by atoms with van der Waals surface area (Å²) < 4.78 is 4.82. The second-order valence-corrected chi connectivity index (χ2v) is 5.15. The Balaban J connectivity index is 2.95. The Kier molecular flexibility index (Phi) is 6.29. The van der Waals surface area contributed by atoms with Crippen LogP contribution in [0.5, 0.6) is 0 Å². The zero-order chi connectivity index (χ0) is 18.4. The summed E-state index contributed by atoms with van der Waals surface area (Å²) in [5, 5.41) is 2.30. The largest absolute Gasteiger partial charge is 0.412 e. The van der Waals surface area contributed by atoms with E-state index < -0.39 is 18.0 Å². The van der Waals surface area contributed by atoms with Crippen LogP contribution in [0.1, 0.15) is 13.8 Å². The molecule has 1 aliphatic heterocycles. The van der Waals surface area contributed by atoms with Gasteiger partial charge in [0.15, 0.2) is 0 Å². The molecule has 1 aliphatic rings. The normalized spacial score (nSPS) is 15.8. The second kappa shape index (κ2) is 7.96. The van der Waals surface area contributed by atoms with Crippen molar-refractivity contribution in [3.8, 4) is 0 Å². The molecule has 7 nitrogen and oxygen atoms in total. The lowest BCUT2D eigenvalue weighted by Crippen LogP contribution is -2.35. The molecule has 0 bridgehead atoms. The van der Waals surface area contributed by atoms with Crippen LogP contribution < -0.4 is 5.32 Å². The van der Waals surface area contributed by atoms with E-state index in [2.05, 4.69) is 25.1 Å². The number of amides is 4. The summed E-state index contributed by atoms with van der Waals surface area (Å²) in [5.74, 6) is -0.307. The van der Waals surface area contributed by atoms with Gasteiger partial charge in [0.2, 0.25) is 0 Å². The van der Waals surface area contributed by atoms with E-state index in [-0.39, 0.29) is 17.9 Å². The van der Waals surface area contributed by atoms with Gasteiger partial charge < -0.3 is 10.1 Å². The zero-order valence-corrected chi connectivity index (χ0v) is 14.1. The lowest BCUT2D eigenvalue weighted by atomic mass is 10.3. The first-order valence-electron chi connectivity index (χ1n) is 7.11. The van der Waals surface area contributed by atoms with Gasteiger partial charge in [0, 0.05) is 24.0 Å². The number of rotatable bonds is 5. The lowest BCUT2D eigenvalue weighted by molar-refractivity contribution is -0.123. The van der Waals surface area contributed by atoms with Crippen molar-refractivity contribution in [2.24, 2.45) is 0 Å². The number of carbonyl (C=O) groups excluding carboxylic acids is 3. The number of urea groups is 1. The highest BCUT2D eigenvalue weighted by Crippen LogP contribution is 2.24. The van der Waals surface area contributed by atoms with Crippen LogP contribution in [0.3, 0.4) is 0 Å². The van der Waals surface area contributed by atoms with E-state index in [1.165, 1.54) is 18.0 Å². The third kappa shape index (κ3) is 4.45. The number of nitrogens with one attached hydrogen (secondary N) is 1. The highest BCUT2D eigenvalue weighted by Gasteiger charge is 2.37. The SMILES string of the molecule is C=C(/C=C\C=C1/CN(C(=O)C(=C)C)C(=O)N1C(=C)C)OC(=O)NC. The number of imide groups is 1. The molecule has 0 aliphatic carbocycles. The Bertz CT molecular complexity index is 673. The summed E-state index contributed by atoms with van der Waals surface area (Å²) in [7, 11) is 1.43. The quantitative estimate of drug-likeness (QED) is 0.477. The van der Waals surface area contributed by atoms with Crippen molar-refractivity contribution >= 4 is 18.0 Å². The highest BCUT2D eigenvalue weighted by molar-refractivity contribution is 6.05. The molecular formula is C17H21N3O4. The molecule has 1 fully saturated rings. The first-order chi connectivity index (χ1) is 11.2. The van der Waals surface area contributed by atoms with E-state index >= 15 is 0 Å². The van der Waals surface area contributed by atoms with Crippen LogP contribution in [-0.2, 0) is 9.53 Å². The zero-order valence-electron chi connectivity index (χ0n) is 14.1. The van der Waals surface area contributed by atoms with Gasteiger partial charge in [-0.25, -0.2) is 9.59 Å². The molecule has 1 rings (SSSR count). The Morgan fingerprint density at radius 2 is 1.88 bits per heavy atom. The van der Waals surface area contributed by atoms with E-state index in [4.69, 9.17) is 4.74 Å². The van der Waals surface area contributed by atoms with Crippen molar-refractivity contribution in [3.63, 3.8) is 0 Å². The molecule has 0 atom stereocenters. The van der Waals surface area contributed by atoms with Gasteiger partial charge in [0.1, 0.15) is 5.76 Å². The summed E-state index contributed by atoms with van der Waals surface area (Å²) in [5.41, 5.74) is 1.32. The standard InChI is InChI=1S/C17H21N3O4/c1-11(2)15(21)19-10-14(20(12(3)4)17(19)23)9-7-8-13(5)24-16(22)18-6/h7-9H,1,3,5,10H2,2,4,6H3,(H,18,22)/b8-7-,14-9+. The lowest BCUT2D eigenvalue weighted by Gasteiger charge is -2.17. The number of hydrogen-bond donors (Lipinski definition) is 1. The summed E-state index contributed by atoms with van der Waals surface area (Å²) in [6, 6.07) is -0.476. The van der Waals surface area contributed by atoms with Crippen LogP contribution >= 0.6 is 0 Å². The molecule has 1 saturated heterocycles. The number of nitrogens with zero attached hydrogens (tertiary/aromatic N) is 2. The molecule has 0 aromatic carbocycles. The van der Waals surface area contributed by atoms with Crippen molar-refractivity contribution in [1.82, 2.24) is 15.1 Å². The monoisotopic (exact) mass is 331 g/mol. The summed E-state index contributed by atoms with van der Waals surface area (Å²) >= 11 is 0. The number of alkyl carbamates (subject to hydrolysis) is 1. The molecule has 128 valence electrons. The van der Waals surface area contributed by atoms with Crippen molar-refractivity contribution in [1.29, 1.82) is 0 Å². The van der Waals surface area contributed by atoms with Crippen molar-refractivity contribution in [3.05, 3.63) is 60.7 Å². The fraction of sp³-hybridized carbons (Fsp3) is 0.235. The molecule has 1 N–H and O–H groups in total. The fourth-order valence-corrected chi connectivity index (χ4v) is 1.94. The maximum Gasteiger partial charge on any atom is 0.412 e. The first-order valence-corrected chi connectivity index (χ1v) is 7.11. The first kappa shape index (κ1) is 19.0. The van der Waals surface area contributed by atoms with Crippen LogP contribution in [0.4, 0.5) is 9.59 Å². The van der Waals surface area contributed by atoms with Gasteiger partial charge in [0.05, 0.1) is 6.54 Å². The molecule has 0 spiro atoms. The summed E-state index contributed by atoms with van der Waals surface area (Å²) in [4.78, 5) is 37.9. The number of allylic oxidation sites excluding steroid dienone is 4. The van der Waals surface area contributed by atoms with Gasteiger partial charge in [-0.1, -0.05) is 25.8 Å². The molecule has 24 heavy (non-hydrogen) atoms. The highest BCUT2D eigenvalue weighted by atomic mass is 16.6. The maximum absolute atomic E-state index is 12.4. The topological polar surface area (TPSA) is 79.0 Å². The van der Waals surface area contributed by atoms with Crippen LogP contribution in [0.2, 0.25) is 0 Å². The predicted molar refractivity (Wildman–Crippen MR) is 90.5 cm³/mol. The third-order valence-electron chi connectivity index (χ3n) is 3.02. The van der Waals surface area contributed by atoms with E-state index in [1.807, 2.05) is 0 Å². The van der Waals surface area contributed by atoms with Crippen LogP contribution in [0.15, 0.2) is 60.7 Å². The maximum atomic E-state index is 12.4. The van der Waals surface area contributed by atoms with Gasteiger partial charge in [0.25, 0.3) is 5.91 Å². The second-order valence-electron chi connectivity index (χ2n) is 5.15. The Labute approximate surface area is 141 Å².